The third kappa shape index (κ3) is 5.84. The van der Waals surface area contributed by atoms with E-state index in [0.29, 0.717) is 43.2 Å². The number of piperazine rings is 1. The number of hydrogen-bond acceptors (Lipinski definition) is 6. The first-order chi connectivity index (χ1) is 16.8. The second-order valence-electron chi connectivity index (χ2n) is 9.31. The molecular weight excluding hydrogens is 462 g/mol. The molecule has 35 heavy (non-hydrogen) atoms. The second kappa shape index (κ2) is 10.8. The van der Waals surface area contributed by atoms with Crippen LogP contribution in [0.2, 0.25) is 0 Å². The number of aryl methyl sites for hydroxylation is 2. The Balaban J connectivity index is 1.28. The normalized spacial score (nSPS) is 18.2. The van der Waals surface area contributed by atoms with Crippen molar-refractivity contribution in [1.29, 1.82) is 5.26 Å². The molecule has 2 aliphatic heterocycles. The summed E-state index contributed by atoms with van der Waals surface area (Å²) >= 11 is 0. The summed E-state index contributed by atoms with van der Waals surface area (Å²) in [5.41, 5.74) is 3.76. The van der Waals surface area contributed by atoms with E-state index in [4.69, 9.17) is 5.26 Å². The van der Waals surface area contributed by atoms with Crippen LogP contribution in [0.25, 0.3) is 0 Å². The van der Waals surface area contributed by atoms with Gasteiger partial charge in [-0.2, -0.15) is 9.57 Å². The van der Waals surface area contributed by atoms with E-state index in [1.807, 2.05) is 44.2 Å². The van der Waals surface area contributed by atoms with Crippen LogP contribution in [-0.2, 0) is 14.8 Å². The number of rotatable bonds is 5. The fourth-order valence-corrected chi connectivity index (χ4v) is 6.13. The first-order valence-corrected chi connectivity index (χ1v) is 13.5. The van der Waals surface area contributed by atoms with Crippen molar-refractivity contribution in [3.8, 4) is 6.07 Å². The van der Waals surface area contributed by atoms with Crippen LogP contribution in [0.4, 0.5) is 5.69 Å². The number of sulfonamides is 1. The van der Waals surface area contributed by atoms with Crippen LogP contribution in [-0.4, -0.2) is 87.3 Å². The quantitative estimate of drug-likeness (QED) is 0.632. The molecule has 9 heteroatoms. The Hall–Kier alpha value is -2.93. The summed E-state index contributed by atoms with van der Waals surface area (Å²) in [6, 6.07) is 15.0. The molecule has 0 saturated carbocycles. The van der Waals surface area contributed by atoms with Gasteiger partial charge in [-0.1, -0.05) is 6.07 Å². The standard InChI is InChI=1S/C26H33N5O3S/c1-21-4-9-25(18-22(21)2)35(33,34)31-16-14-30(15-17-31)26(32)20-28-10-3-11-29(13-12-28)24-7-5-23(19-27)6-8-24/h4-9,18H,3,10-17,20H2,1-2H3. The third-order valence-corrected chi connectivity index (χ3v) is 8.91. The minimum absolute atomic E-state index is 0.0556. The van der Waals surface area contributed by atoms with E-state index in [-0.39, 0.29) is 5.91 Å². The molecule has 2 aromatic rings. The smallest absolute Gasteiger partial charge is 0.243 e. The monoisotopic (exact) mass is 495 g/mol. The van der Waals surface area contributed by atoms with E-state index in [0.717, 1.165) is 49.4 Å². The van der Waals surface area contributed by atoms with Crippen molar-refractivity contribution >= 4 is 21.6 Å². The van der Waals surface area contributed by atoms with Crippen molar-refractivity contribution in [1.82, 2.24) is 14.1 Å². The molecule has 1 amide bonds. The summed E-state index contributed by atoms with van der Waals surface area (Å²) in [7, 11) is -3.56. The molecule has 0 radical (unpaired) electrons. The molecule has 2 heterocycles. The molecule has 186 valence electrons. The van der Waals surface area contributed by atoms with Crippen LogP contribution in [0.1, 0.15) is 23.1 Å². The van der Waals surface area contributed by atoms with E-state index in [1.54, 1.807) is 17.0 Å². The lowest BCUT2D eigenvalue weighted by Crippen LogP contribution is -2.52. The van der Waals surface area contributed by atoms with Gasteiger partial charge in [-0.25, -0.2) is 8.42 Å². The molecule has 4 rings (SSSR count). The van der Waals surface area contributed by atoms with Gasteiger partial charge in [0.1, 0.15) is 0 Å². The summed E-state index contributed by atoms with van der Waals surface area (Å²) in [5, 5.41) is 9.00. The highest BCUT2D eigenvalue weighted by molar-refractivity contribution is 7.89. The molecule has 0 N–H and O–H groups in total. The lowest BCUT2D eigenvalue weighted by Gasteiger charge is -2.35. The van der Waals surface area contributed by atoms with Gasteiger partial charge >= 0.3 is 0 Å². The Bertz CT molecular complexity index is 1200. The van der Waals surface area contributed by atoms with E-state index >= 15 is 0 Å². The number of nitriles is 1. The SMILES string of the molecule is Cc1ccc(S(=O)(=O)N2CCN(C(=O)CN3CCCN(c4ccc(C#N)cc4)CC3)CC2)cc1C. The van der Waals surface area contributed by atoms with Gasteiger partial charge in [0.05, 0.1) is 23.1 Å². The number of nitrogens with zero attached hydrogens (tertiary/aromatic N) is 5. The van der Waals surface area contributed by atoms with Crippen molar-refractivity contribution in [2.24, 2.45) is 0 Å². The third-order valence-electron chi connectivity index (χ3n) is 7.02. The molecule has 0 atom stereocenters. The summed E-state index contributed by atoms with van der Waals surface area (Å²) in [5.74, 6) is 0.0556. The van der Waals surface area contributed by atoms with Crippen LogP contribution in [0.15, 0.2) is 47.4 Å². The molecule has 0 spiro atoms. The highest BCUT2D eigenvalue weighted by Crippen LogP contribution is 2.21. The van der Waals surface area contributed by atoms with E-state index < -0.39 is 10.0 Å². The Kier molecular flexibility index (Phi) is 7.75. The largest absolute Gasteiger partial charge is 0.370 e. The maximum atomic E-state index is 13.1. The molecule has 2 aliphatic rings. The summed E-state index contributed by atoms with van der Waals surface area (Å²) < 4.78 is 27.6. The molecule has 0 aromatic heterocycles. The van der Waals surface area contributed by atoms with E-state index in [9.17, 15) is 13.2 Å². The predicted molar refractivity (Wildman–Crippen MR) is 136 cm³/mol. The topological polar surface area (TPSA) is 88.0 Å². The number of hydrogen-bond donors (Lipinski definition) is 0. The average molecular weight is 496 g/mol. The van der Waals surface area contributed by atoms with Gasteiger partial charge < -0.3 is 9.80 Å². The number of amides is 1. The molecule has 8 nitrogen and oxygen atoms in total. The molecule has 2 saturated heterocycles. The zero-order valence-electron chi connectivity index (χ0n) is 20.5. The van der Waals surface area contributed by atoms with Crippen LogP contribution in [0, 0.1) is 25.2 Å². The number of anilines is 1. The van der Waals surface area contributed by atoms with Gasteiger partial charge in [-0.15, -0.1) is 0 Å². The van der Waals surface area contributed by atoms with Crippen LogP contribution in [0.5, 0.6) is 0 Å². The minimum atomic E-state index is -3.56. The first-order valence-electron chi connectivity index (χ1n) is 12.1. The molecule has 0 unspecified atom stereocenters. The summed E-state index contributed by atoms with van der Waals surface area (Å²) in [6.07, 6.45) is 0.954. The first kappa shape index (κ1) is 25.2. The number of carbonyl (C=O) groups is 1. The zero-order valence-corrected chi connectivity index (χ0v) is 21.3. The van der Waals surface area contributed by atoms with Crippen molar-refractivity contribution in [2.75, 3.05) is 63.8 Å². The van der Waals surface area contributed by atoms with Crippen molar-refractivity contribution in [2.45, 2.75) is 25.2 Å². The Morgan fingerprint density at radius 2 is 1.60 bits per heavy atom. The summed E-state index contributed by atoms with van der Waals surface area (Å²) in [6.45, 7) is 9.04. The number of carbonyl (C=O) groups excluding carboxylic acids is 1. The molecule has 2 aromatic carbocycles. The van der Waals surface area contributed by atoms with Crippen molar-refractivity contribution < 1.29 is 13.2 Å². The van der Waals surface area contributed by atoms with Gasteiger partial charge in [0, 0.05) is 58.0 Å². The maximum absolute atomic E-state index is 13.1. The van der Waals surface area contributed by atoms with E-state index in [2.05, 4.69) is 15.9 Å². The van der Waals surface area contributed by atoms with Crippen LogP contribution < -0.4 is 4.90 Å². The zero-order chi connectivity index (χ0) is 25.0. The van der Waals surface area contributed by atoms with E-state index in [1.165, 1.54) is 4.31 Å². The Labute approximate surface area is 208 Å². The average Bonchev–Trinajstić information content (AvgIpc) is 3.11. The van der Waals surface area contributed by atoms with Crippen molar-refractivity contribution in [3.05, 3.63) is 59.2 Å². The lowest BCUT2D eigenvalue weighted by molar-refractivity contribution is -0.133. The summed E-state index contributed by atoms with van der Waals surface area (Å²) in [4.78, 5) is 19.6. The number of benzene rings is 2. The van der Waals surface area contributed by atoms with Crippen LogP contribution in [0.3, 0.4) is 0 Å². The molecule has 0 bridgehead atoms. The van der Waals surface area contributed by atoms with Gasteiger partial charge in [-0.3, -0.25) is 9.69 Å². The molecule has 2 fully saturated rings. The predicted octanol–water partition coefficient (Wildman–Crippen LogP) is 2.22. The maximum Gasteiger partial charge on any atom is 0.243 e. The second-order valence-corrected chi connectivity index (χ2v) is 11.2. The Morgan fingerprint density at radius 3 is 2.26 bits per heavy atom. The van der Waals surface area contributed by atoms with Gasteiger partial charge in [0.15, 0.2) is 0 Å². The molecule has 0 aliphatic carbocycles. The molecular formula is C26H33N5O3S. The van der Waals surface area contributed by atoms with Gasteiger partial charge in [0.25, 0.3) is 0 Å². The highest BCUT2D eigenvalue weighted by Gasteiger charge is 2.31. The highest BCUT2D eigenvalue weighted by atomic mass is 32.2. The van der Waals surface area contributed by atoms with Crippen LogP contribution >= 0.6 is 0 Å². The Morgan fingerprint density at radius 1 is 0.886 bits per heavy atom. The van der Waals surface area contributed by atoms with Crippen molar-refractivity contribution in [3.63, 3.8) is 0 Å². The fraction of sp³-hybridized carbons (Fsp3) is 0.462. The minimum Gasteiger partial charge on any atom is -0.370 e. The lowest BCUT2D eigenvalue weighted by atomic mass is 10.1. The van der Waals surface area contributed by atoms with Gasteiger partial charge in [-0.05, 0) is 67.8 Å². The van der Waals surface area contributed by atoms with Gasteiger partial charge in [0.2, 0.25) is 15.9 Å². The fourth-order valence-electron chi connectivity index (χ4n) is 4.63.